The van der Waals surface area contributed by atoms with Crippen molar-refractivity contribution in [3.8, 4) is 0 Å². The van der Waals surface area contributed by atoms with Crippen LogP contribution in [0.2, 0.25) is 0 Å². The van der Waals surface area contributed by atoms with Crippen LogP contribution in [0.4, 0.5) is 11.6 Å². The monoisotopic (exact) mass is 670 g/mol. The average Bonchev–Trinajstić information content (AvgIpc) is 3.75. The zero-order valence-electron chi connectivity index (χ0n) is 23.3. The summed E-state index contributed by atoms with van der Waals surface area (Å²) in [7, 11) is 2.09. The number of hydrogen-bond donors (Lipinski definition) is 5. The van der Waals surface area contributed by atoms with Crippen molar-refractivity contribution in [2.75, 3.05) is 24.7 Å². The number of hydrogen-bond acceptors (Lipinski definition) is 16. The number of ether oxygens (including phenoxy) is 2. The summed E-state index contributed by atoms with van der Waals surface area (Å²) >= 11 is 4.16. The fraction of sp³-hybridized carbons (Fsp3) is 0.565. The standard InChI is InChI=1S/C23H32N10O8P2S/c1-2-3-10-15(34)11(39-22(10)32-8-30-13-18(24)26-6-28-20(13)32)5-38-43(36,44)41-17-12(4-37-42)40-23(16(17)35)33-9-31-14-19(25)27-7-29-21(14)33/h6-12,15-17,22-23,34-35H,2-5,42H2,1H3,(H,36,44)(H2,24,26,28)(H2,25,27,29)/t10-,11-,12-,15+,16-,17-,22-,23-,43-/m1/s1. The third kappa shape index (κ3) is 5.77. The van der Waals surface area contributed by atoms with Gasteiger partial charge in [-0.1, -0.05) is 25.6 Å². The summed E-state index contributed by atoms with van der Waals surface area (Å²) in [5.41, 5.74) is 13.3. The number of thiol groups is 1. The van der Waals surface area contributed by atoms with E-state index in [4.69, 9.17) is 34.5 Å². The van der Waals surface area contributed by atoms with Crippen LogP contribution in [0.15, 0.2) is 25.3 Å². The van der Waals surface area contributed by atoms with Crippen LogP contribution in [-0.4, -0.2) is 93.0 Å². The Morgan fingerprint density at radius 2 is 1.52 bits per heavy atom. The Morgan fingerprint density at radius 3 is 2.11 bits per heavy atom. The summed E-state index contributed by atoms with van der Waals surface area (Å²) < 4.78 is 45.3. The Hall–Kier alpha value is -2.57. The number of anilines is 2. The molecule has 0 aromatic carbocycles. The van der Waals surface area contributed by atoms with E-state index in [2.05, 4.69) is 51.6 Å². The number of fused-ring (bicyclic) bond motifs is 2. The normalized spacial score (nSPS) is 30.4. The van der Waals surface area contributed by atoms with Crippen LogP contribution in [0.1, 0.15) is 32.2 Å². The Bertz CT molecular complexity index is 1680. The molecular weight excluding hydrogens is 638 g/mol. The molecule has 0 spiro atoms. The van der Waals surface area contributed by atoms with Gasteiger partial charge < -0.3 is 35.7 Å². The molecule has 1 unspecified atom stereocenters. The lowest BCUT2D eigenvalue weighted by atomic mass is 9.95. The van der Waals surface area contributed by atoms with Crippen LogP contribution in [0.25, 0.3) is 22.3 Å². The number of nitrogens with zero attached hydrogens (tertiary/aromatic N) is 8. The van der Waals surface area contributed by atoms with Gasteiger partial charge in [0.2, 0.25) is 0 Å². The first-order valence-electron chi connectivity index (χ1n) is 13.6. The van der Waals surface area contributed by atoms with E-state index in [-0.39, 0.29) is 30.8 Å². The van der Waals surface area contributed by atoms with Gasteiger partial charge in [0.15, 0.2) is 29.2 Å². The second-order valence-corrected chi connectivity index (χ2v) is 13.6. The molecule has 6 rings (SSSR count). The lowest BCUT2D eigenvalue weighted by Crippen LogP contribution is -2.36. The van der Waals surface area contributed by atoms with Gasteiger partial charge in [0.25, 0.3) is 0 Å². The highest BCUT2D eigenvalue weighted by molar-refractivity contribution is 8.44. The Morgan fingerprint density at radius 1 is 0.932 bits per heavy atom. The third-order valence-corrected chi connectivity index (χ3v) is 9.48. The molecule has 0 amide bonds. The molecule has 21 heteroatoms. The van der Waals surface area contributed by atoms with Gasteiger partial charge in [0, 0.05) is 15.4 Å². The van der Waals surface area contributed by atoms with Crippen LogP contribution >= 0.6 is 28.5 Å². The summed E-state index contributed by atoms with van der Waals surface area (Å²) in [6, 6.07) is 0. The molecule has 2 saturated heterocycles. The smallest absolute Gasteiger partial charge is 0.386 e. The first kappa shape index (κ1) is 31.4. The maximum absolute atomic E-state index is 13.5. The third-order valence-electron chi connectivity index (χ3n) is 7.67. The number of aromatic nitrogens is 8. The van der Waals surface area contributed by atoms with Crippen molar-refractivity contribution in [3.63, 3.8) is 0 Å². The molecule has 6 heterocycles. The van der Waals surface area contributed by atoms with Gasteiger partial charge in [0.05, 0.1) is 32.0 Å². The Kier molecular flexibility index (Phi) is 9.05. The van der Waals surface area contributed by atoms with Crippen LogP contribution in [0, 0.1) is 5.92 Å². The SMILES string of the molecule is CCC[C@@H]1[C@H](O)[C@@H](CO[P@@](=O)(S)O[C@H]2[C@@H](O)[C@H](n3cnc4c(N)ncnc43)O[C@@H]2COP)O[C@H]1n1cnc2c(N)ncnc21. The zero-order chi connectivity index (χ0) is 31.2. The van der Waals surface area contributed by atoms with Crippen molar-refractivity contribution in [2.45, 2.75) is 62.7 Å². The highest BCUT2D eigenvalue weighted by Gasteiger charge is 2.50. The topological polar surface area (TPSA) is 243 Å². The Labute approximate surface area is 257 Å². The summed E-state index contributed by atoms with van der Waals surface area (Å²) in [5, 5.41) is 22.4. The fourth-order valence-electron chi connectivity index (χ4n) is 5.63. The number of imidazole rings is 2. The van der Waals surface area contributed by atoms with Gasteiger partial charge in [-0.25, -0.2) is 34.5 Å². The molecule has 0 aliphatic carbocycles. The van der Waals surface area contributed by atoms with E-state index in [1.165, 1.54) is 29.9 Å². The molecular formula is C23H32N10O8P2S. The van der Waals surface area contributed by atoms with E-state index in [9.17, 15) is 14.8 Å². The van der Waals surface area contributed by atoms with E-state index in [1.54, 1.807) is 4.57 Å². The summed E-state index contributed by atoms with van der Waals surface area (Å²) in [4.78, 5) is 24.9. The van der Waals surface area contributed by atoms with Gasteiger partial charge in [-0.15, -0.1) is 0 Å². The molecule has 4 aromatic rings. The van der Waals surface area contributed by atoms with Crippen molar-refractivity contribution < 1.29 is 37.8 Å². The van der Waals surface area contributed by atoms with Crippen molar-refractivity contribution in [1.82, 2.24) is 39.0 Å². The van der Waals surface area contributed by atoms with E-state index < -0.39 is 49.8 Å². The molecule has 238 valence electrons. The lowest BCUT2D eigenvalue weighted by Gasteiger charge is -2.24. The molecule has 6 N–H and O–H groups in total. The summed E-state index contributed by atoms with van der Waals surface area (Å²) in [5.74, 6) is 0.0156. The summed E-state index contributed by atoms with van der Waals surface area (Å²) in [6.45, 7) is -2.55. The predicted octanol–water partition coefficient (Wildman–Crippen LogP) is 1.01. The largest absolute Gasteiger partial charge is 0.390 e. The van der Waals surface area contributed by atoms with E-state index >= 15 is 0 Å². The molecule has 10 atom stereocenters. The maximum Gasteiger partial charge on any atom is 0.386 e. The zero-order valence-corrected chi connectivity index (χ0v) is 26.2. The number of rotatable bonds is 11. The number of aliphatic hydroxyl groups is 2. The second kappa shape index (κ2) is 12.7. The van der Waals surface area contributed by atoms with Gasteiger partial charge in [-0.05, 0) is 6.42 Å². The van der Waals surface area contributed by atoms with Crippen molar-refractivity contribution >= 4 is 62.5 Å². The number of nitrogen functional groups attached to an aromatic ring is 2. The molecule has 4 aromatic heterocycles. The molecule has 2 aliphatic rings. The number of nitrogens with two attached hydrogens (primary N) is 2. The number of aliphatic hydroxyl groups excluding tert-OH is 2. The first-order valence-corrected chi connectivity index (χ1v) is 16.8. The fourth-order valence-corrected chi connectivity index (χ4v) is 7.31. The van der Waals surface area contributed by atoms with Crippen molar-refractivity contribution in [3.05, 3.63) is 25.3 Å². The summed E-state index contributed by atoms with van der Waals surface area (Å²) in [6.07, 6.45) is -0.155. The second-order valence-electron chi connectivity index (χ2n) is 10.4. The van der Waals surface area contributed by atoms with Gasteiger partial charge >= 0.3 is 6.80 Å². The van der Waals surface area contributed by atoms with Crippen LogP contribution in [0.3, 0.4) is 0 Å². The van der Waals surface area contributed by atoms with E-state index in [0.29, 0.717) is 28.7 Å². The molecule has 2 fully saturated rings. The minimum Gasteiger partial charge on any atom is -0.390 e. The maximum atomic E-state index is 13.5. The molecule has 0 saturated carbocycles. The molecule has 44 heavy (non-hydrogen) atoms. The molecule has 0 radical (unpaired) electrons. The predicted molar refractivity (Wildman–Crippen MR) is 161 cm³/mol. The first-order chi connectivity index (χ1) is 21.1. The van der Waals surface area contributed by atoms with Gasteiger partial charge in [0.1, 0.15) is 54.3 Å². The molecule has 18 nitrogen and oxygen atoms in total. The van der Waals surface area contributed by atoms with E-state index in [0.717, 1.165) is 6.42 Å². The highest BCUT2D eigenvalue weighted by Crippen LogP contribution is 2.57. The minimum atomic E-state index is -4.16. The van der Waals surface area contributed by atoms with Crippen molar-refractivity contribution in [1.29, 1.82) is 0 Å². The van der Waals surface area contributed by atoms with Gasteiger partial charge in [-0.2, -0.15) is 0 Å². The van der Waals surface area contributed by atoms with Crippen LogP contribution < -0.4 is 11.5 Å². The van der Waals surface area contributed by atoms with Crippen molar-refractivity contribution in [2.24, 2.45) is 5.92 Å². The highest BCUT2D eigenvalue weighted by atomic mass is 32.7. The Balaban J connectivity index is 1.17. The van der Waals surface area contributed by atoms with Crippen LogP contribution in [0.5, 0.6) is 0 Å². The molecule has 2 aliphatic heterocycles. The van der Waals surface area contributed by atoms with E-state index in [1.807, 2.05) is 6.92 Å². The van der Waals surface area contributed by atoms with Crippen LogP contribution in [-0.2, 0) is 27.6 Å². The minimum absolute atomic E-state index is 0.0435. The molecule has 0 bridgehead atoms. The average molecular weight is 671 g/mol. The quantitative estimate of drug-likeness (QED) is 0.110. The lowest BCUT2D eigenvalue weighted by molar-refractivity contribution is -0.0475. The van der Waals surface area contributed by atoms with Gasteiger partial charge in [-0.3, -0.25) is 18.2 Å².